The molecule has 1 saturated heterocycles. The third-order valence-electron chi connectivity index (χ3n) is 4.01. The lowest BCUT2D eigenvalue weighted by molar-refractivity contribution is -0.134. The highest BCUT2D eigenvalue weighted by atomic mass is 19.1. The van der Waals surface area contributed by atoms with Gasteiger partial charge in [-0.2, -0.15) is 0 Å². The summed E-state index contributed by atoms with van der Waals surface area (Å²) in [4.78, 5) is 23.3. The fraction of sp³-hybridized carbons (Fsp3) is 0.286. The van der Waals surface area contributed by atoms with Crippen molar-refractivity contribution in [1.82, 2.24) is 10.3 Å². The monoisotopic (exact) mass is 418 g/mol. The Balaban J connectivity index is 0.000000343. The average molecular weight is 418 g/mol. The quantitative estimate of drug-likeness (QED) is 0.587. The summed E-state index contributed by atoms with van der Waals surface area (Å²) in [6, 6.07) is 9.49. The minimum Gasteiger partial charge on any atom is -0.488 e. The SMILES string of the molecule is Fc1ccc(Oc2ncccc2OC[C@@H]2CCCNC2)cc1.O=C(O)/C=C/C(=O)O. The number of rotatable bonds is 7. The van der Waals surface area contributed by atoms with E-state index in [2.05, 4.69) is 10.3 Å². The first-order valence-corrected chi connectivity index (χ1v) is 9.30. The van der Waals surface area contributed by atoms with E-state index < -0.39 is 11.9 Å². The minimum absolute atomic E-state index is 0.297. The van der Waals surface area contributed by atoms with Gasteiger partial charge in [-0.15, -0.1) is 0 Å². The number of aliphatic carboxylic acids is 2. The number of carboxylic acid groups (broad SMARTS) is 2. The molecular weight excluding hydrogens is 395 g/mol. The molecule has 3 rings (SSSR count). The lowest BCUT2D eigenvalue weighted by Crippen LogP contribution is -2.33. The van der Waals surface area contributed by atoms with Crippen molar-refractivity contribution < 1.29 is 33.7 Å². The molecule has 0 bridgehead atoms. The average Bonchev–Trinajstić information content (AvgIpc) is 2.74. The molecule has 0 amide bonds. The highest BCUT2D eigenvalue weighted by Gasteiger charge is 2.15. The Labute approximate surface area is 173 Å². The molecule has 1 fully saturated rings. The molecule has 0 unspecified atom stereocenters. The van der Waals surface area contributed by atoms with Gasteiger partial charge in [0.05, 0.1) is 6.61 Å². The zero-order valence-electron chi connectivity index (χ0n) is 16.2. The fourth-order valence-electron chi connectivity index (χ4n) is 2.59. The fourth-order valence-corrected chi connectivity index (χ4v) is 2.59. The van der Waals surface area contributed by atoms with Crippen molar-refractivity contribution in [3.63, 3.8) is 0 Å². The minimum atomic E-state index is -1.26. The van der Waals surface area contributed by atoms with Crippen LogP contribution in [0.5, 0.6) is 17.4 Å². The Hall–Kier alpha value is -3.46. The first-order valence-electron chi connectivity index (χ1n) is 9.30. The van der Waals surface area contributed by atoms with Gasteiger partial charge in [0, 0.05) is 30.8 Å². The topological polar surface area (TPSA) is 118 Å². The normalized spacial score (nSPS) is 15.7. The third kappa shape index (κ3) is 8.70. The van der Waals surface area contributed by atoms with Crippen LogP contribution in [-0.4, -0.2) is 46.8 Å². The maximum absolute atomic E-state index is 12.9. The molecule has 30 heavy (non-hydrogen) atoms. The van der Waals surface area contributed by atoms with Gasteiger partial charge in [0.15, 0.2) is 5.75 Å². The smallest absolute Gasteiger partial charge is 0.328 e. The van der Waals surface area contributed by atoms with E-state index in [1.807, 2.05) is 12.1 Å². The number of carboxylic acids is 2. The predicted molar refractivity (Wildman–Crippen MR) is 106 cm³/mol. The van der Waals surface area contributed by atoms with Gasteiger partial charge in [-0.05, 0) is 55.8 Å². The molecule has 0 radical (unpaired) electrons. The summed E-state index contributed by atoms with van der Waals surface area (Å²) < 4.78 is 24.5. The molecular formula is C21H23FN2O6. The molecule has 1 aliphatic rings. The van der Waals surface area contributed by atoms with Crippen molar-refractivity contribution in [2.75, 3.05) is 19.7 Å². The van der Waals surface area contributed by atoms with Gasteiger partial charge in [-0.1, -0.05) is 0 Å². The molecule has 1 aromatic carbocycles. The molecule has 160 valence electrons. The highest BCUT2D eigenvalue weighted by Crippen LogP contribution is 2.29. The first-order chi connectivity index (χ1) is 14.4. The molecule has 1 aliphatic heterocycles. The van der Waals surface area contributed by atoms with Crippen molar-refractivity contribution in [3.8, 4) is 17.4 Å². The highest BCUT2D eigenvalue weighted by molar-refractivity contribution is 5.89. The number of pyridine rings is 1. The van der Waals surface area contributed by atoms with Gasteiger partial charge in [0.2, 0.25) is 0 Å². The molecule has 0 spiro atoms. The summed E-state index contributed by atoms with van der Waals surface area (Å²) in [5.74, 6) is -0.762. The van der Waals surface area contributed by atoms with Gasteiger partial charge in [0.1, 0.15) is 11.6 Å². The second kappa shape index (κ2) is 12.2. The Bertz CT molecular complexity index is 835. The largest absolute Gasteiger partial charge is 0.488 e. The molecule has 2 heterocycles. The lowest BCUT2D eigenvalue weighted by atomic mass is 10.0. The number of carbonyl (C=O) groups is 2. The van der Waals surface area contributed by atoms with E-state index in [4.69, 9.17) is 19.7 Å². The van der Waals surface area contributed by atoms with Crippen LogP contribution in [0.25, 0.3) is 0 Å². The van der Waals surface area contributed by atoms with Gasteiger partial charge in [-0.3, -0.25) is 0 Å². The molecule has 0 saturated carbocycles. The van der Waals surface area contributed by atoms with Crippen LogP contribution in [0.1, 0.15) is 12.8 Å². The van der Waals surface area contributed by atoms with E-state index in [0.717, 1.165) is 13.1 Å². The summed E-state index contributed by atoms with van der Waals surface area (Å²) in [6.45, 7) is 2.70. The Morgan fingerprint density at radius 2 is 1.87 bits per heavy atom. The number of nitrogens with one attached hydrogen (secondary N) is 1. The van der Waals surface area contributed by atoms with E-state index in [0.29, 0.717) is 42.1 Å². The Morgan fingerprint density at radius 1 is 1.17 bits per heavy atom. The van der Waals surface area contributed by atoms with Crippen molar-refractivity contribution >= 4 is 11.9 Å². The molecule has 8 nitrogen and oxygen atoms in total. The lowest BCUT2D eigenvalue weighted by Gasteiger charge is -2.23. The molecule has 1 aromatic heterocycles. The summed E-state index contributed by atoms with van der Waals surface area (Å²) in [5.41, 5.74) is 0. The van der Waals surface area contributed by atoms with E-state index in [9.17, 15) is 14.0 Å². The molecule has 9 heteroatoms. The van der Waals surface area contributed by atoms with E-state index in [-0.39, 0.29) is 5.82 Å². The van der Waals surface area contributed by atoms with Crippen molar-refractivity contribution in [1.29, 1.82) is 0 Å². The molecule has 3 N–H and O–H groups in total. The van der Waals surface area contributed by atoms with Crippen LogP contribution in [-0.2, 0) is 9.59 Å². The van der Waals surface area contributed by atoms with Crippen LogP contribution in [0.15, 0.2) is 54.7 Å². The van der Waals surface area contributed by atoms with Gasteiger partial charge in [0.25, 0.3) is 5.88 Å². The zero-order valence-corrected chi connectivity index (χ0v) is 16.2. The van der Waals surface area contributed by atoms with Crippen LogP contribution in [0, 0.1) is 11.7 Å². The molecule has 1 atom stereocenters. The number of nitrogens with zero attached hydrogens (tertiary/aromatic N) is 1. The van der Waals surface area contributed by atoms with Crippen LogP contribution < -0.4 is 14.8 Å². The van der Waals surface area contributed by atoms with E-state index in [1.54, 1.807) is 18.3 Å². The maximum Gasteiger partial charge on any atom is 0.328 e. The van der Waals surface area contributed by atoms with Crippen LogP contribution in [0.4, 0.5) is 4.39 Å². The Morgan fingerprint density at radius 3 is 2.47 bits per heavy atom. The molecule has 2 aromatic rings. The number of piperidine rings is 1. The summed E-state index contributed by atoms with van der Waals surface area (Å²) in [6.07, 6.45) is 5.11. The van der Waals surface area contributed by atoms with Crippen LogP contribution in [0.2, 0.25) is 0 Å². The van der Waals surface area contributed by atoms with Gasteiger partial charge < -0.3 is 25.0 Å². The molecule has 0 aliphatic carbocycles. The number of halogens is 1. The van der Waals surface area contributed by atoms with Crippen molar-refractivity contribution in [3.05, 3.63) is 60.6 Å². The second-order valence-electron chi connectivity index (χ2n) is 6.40. The summed E-state index contributed by atoms with van der Waals surface area (Å²) in [5, 5.41) is 19.0. The van der Waals surface area contributed by atoms with Gasteiger partial charge >= 0.3 is 11.9 Å². The van der Waals surface area contributed by atoms with Crippen molar-refractivity contribution in [2.45, 2.75) is 12.8 Å². The van der Waals surface area contributed by atoms with Crippen molar-refractivity contribution in [2.24, 2.45) is 5.92 Å². The number of aromatic nitrogens is 1. The number of hydrogen-bond acceptors (Lipinski definition) is 6. The number of ether oxygens (including phenoxy) is 2. The zero-order chi connectivity index (χ0) is 21.8. The van der Waals surface area contributed by atoms with E-state index >= 15 is 0 Å². The maximum atomic E-state index is 12.9. The Kier molecular flexibility index (Phi) is 9.26. The standard InChI is InChI=1S/C17H19FN2O2.C4H4O4/c18-14-5-7-15(8-6-14)22-17-16(4-2-10-20-17)21-12-13-3-1-9-19-11-13;5-3(6)1-2-4(7)8/h2,4-8,10,13,19H,1,3,9,11-12H2;1-2H,(H,5,6)(H,7,8)/b;2-1+/t13-;/m1./s1. The second-order valence-corrected chi connectivity index (χ2v) is 6.40. The predicted octanol–water partition coefficient (Wildman–Crippen LogP) is 3.10. The first kappa shape index (κ1) is 22.8. The third-order valence-corrected chi connectivity index (χ3v) is 4.01. The number of benzene rings is 1. The number of hydrogen-bond donors (Lipinski definition) is 3. The van der Waals surface area contributed by atoms with Crippen LogP contribution >= 0.6 is 0 Å². The van der Waals surface area contributed by atoms with Gasteiger partial charge in [-0.25, -0.2) is 19.0 Å². The summed E-state index contributed by atoms with van der Waals surface area (Å²) >= 11 is 0. The van der Waals surface area contributed by atoms with E-state index in [1.165, 1.54) is 25.0 Å². The van der Waals surface area contributed by atoms with Crippen LogP contribution in [0.3, 0.4) is 0 Å². The summed E-state index contributed by atoms with van der Waals surface area (Å²) in [7, 11) is 0.